The van der Waals surface area contributed by atoms with Crippen molar-refractivity contribution in [3.05, 3.63) is 88.4 Å². The van der Waals surface area contributed by atoms with E-state index in [-0.39, 0.29) is 11.5 Å². The zero-order valence-electron chi connectivity index (χ0n) is 16.6. The van der Waals surface area contributed by atoms with Gasteiger partial charge in [0.2, 0.25) is 0 Å². The molecule has 0 radical (unpaired) electrons. The monoisotopic (exact) mass is 402 g/mol. The highest BCUT2D eigenvalue weighted by Crippen LogP contribution is 2.30. The second-order valence-electron chi connectivity index (χ2n) is 8.02. The molecule has 1 aliphatic rings. The number of rotatable bonds is 4. The normalized spacial score (nSPS) is 15.6. The quantitative estimate of drug-likeness (QED) is 0.531. The SMILES string of the molecule is O=c1[nH]c2ccc(C3CCN(Cc4cncc(-c5ccc(F)cc5)c4)CC3)cc2[nH]1. The summed E-state index contributed by atoms with van der Waals surface area (Å²) >= 11 is 0. The van der Waals surface area contributed by atoms with Crippen molar-refractivity contribution in [1.82, 2.24) is 19.9 Å². The molecule has 0 spiro atoms. The maximum absolute atomic E-state index is 13.2. The number of likely N-dealkylation sites (tertiary alicyclic amines) is 1. The number of hydrogen-bond donors (Lipinski definition) is 2. The number of aromatic nitrogens is 3. The highest BCUT2D eigenvalue weighted by molar-refractivity contribution is 5.75. The van der Waals surface area contributed by atoms with E-state index < -0.39 is 0 Å². The Morgan fingerprint density at radius 1 is 0.933 bits per heavy atom. The van der Waals surface area contributed by atoms with Crippen LogP contribution < -0.4 is 5.69 Å². The van der Waals surface area contributed by atoms with Crippen LogP contribution in [0.15, 0.2) is 65.7 Å². The summed E-state index contributed by atoms with van der Waals surface area (Å²) in [5.74, 6) is 0.278. The van der Waals surface area contributed by atoms with Crippen LogP contribution in [-0.4, -0.2) is 32.9 Å². The molecule has 2 N–H and O–H groups in total. The van der Waals surface area contributed by atoms with Gasteiger partial charge in [-0.25, -0.2) is 9.18 Å². The Kier molecular flexibility index (Phi) is 4.93. The van der Waals surface area contributed by atoms with Crippen LogP contribution in [0.3, 0.4) is 0 Å². The molecule has 4 aromatic rings. The molecule has 5 rings (SSSR count). The maximum Gasteiger partial charge on any atom is 0.323 e. The third-order valence-electron chi connectivity index (χ3n) is 5.98. The first kappa shape index (κ1) is 18.8. The van der Waals surface area contributed by atoms with Gasteiger partial charge >= 0.3 is 5.69 Å². The Balaban J connectivity index is 1.24. The van der Waals surface area contributed by atoms with Crippen molar-refractivity contribution in [3.63, 3.8) is 0 Å². The Labute approximate surface area is 173 Å². The van der Waals surface area contributed by atoms with E-state index >= 15 is 0 Å². The van der Waals surface area contributed by atoms with Gasteiger partial charge in [-0.3, -0.25) is 9.88 Å². The number of pyridine rings is 1. The topological polar surface area (TPSA) is 64.8 Å². The van der Waals surface area contributed by atoms with E-state index in [0.717, 1.165) is 54.6 Å². The van der Waals surface area contributed by atoms with Crippen molar-refractivity contribution in [2.75, 3.05) is 13.1 Å². The molecule has 0 amide bonds. The summed E-state index contributed by atoms with van der Waals surface area (Å²) in [6.07, 6.45) is 5.91. The summed E-state index contributed by atoms with van der Waals surface area (Å²) < 4.78 is 13.2. The Hall–Kier alpha value is -3.25. The number of benzene rings is 2. The highest BCUT2D eigenvalue weighted by atomic mass is 19.1. The molecule has 0 aliphatic carbocycles. The largest absolute Gasteiger partial charge is 0.323 e. The van der Waals surface area contributed by atoms with Crippen LogP contribution in [0.25, 0.3) is 22.2 Å². The van der Waals surface area contributed by atoms with E-state index in [4.69, 9.17) is 0 Å². The van der Waals surface area contributed by atoms with E-state index in [9.17, 15) is 9.18 Å². The Morgan fingerprint density at radius 3 is 2.50 bits per heavy atom. The van der Waals surface area contributed by atoms with E-state index in [0.29, 0.717) is 5.92 Å². The minimum Gasteiger partial charge on any atom is -0.306 e. The molecule has 0 saturated carbocycles. The molecular formula is C24H23FN4O. The number of H-pyrrole nitrogens is 2. The predicted octanol–water partition coefficient (Wildman–Crippen LogP) is 4.44. The lowest BCUT2D eigenvalue weighted by atomic mass is 9.89. The van der Waals surface area contributed by atoms with Gasteiger partial charge in [-0.1, -0.05) is 18.2 Å². The highest BCUT2D eigenvalue weighted by Gasteiger charge is 2.21. The standard InChI is InChI=1S/C24H23FN4O/c25-21-4-1-17(2-5-21)20-11-16(13-26-14-20)15-29-9-7-18(8-10-29)19-3-6-22-23(12-19)28-24(30)27-22/h1-6,11-14,18H,7-10,15H2,(H2,27,28,30). The number of halogens is 1. The zero-order valence-corrected chi connectivity index (χ0v) is 16.6. The van der Waals surface area contributed by atoms with Crippen LogP contribution >= 0.6 is 0 Å². The smallest absolute Gasteiger partial charge is 0.306 e. The van der Waals surface area contributed by atoms with Crippen LogP contribution in [0.4, 0.5) is 4.39 Å². The summed E-state index contributed by atoms with van der Waals surface area (Å²) in [6, 6.07) is 14.9. The fourth-order valence-corrected chi connectivity index (χ4v) is 4.36. The summed E-state index contributed by atoms with van der Waals surface area (Å²) in [5.41, 5.74) is 6.02. The molecule has 6 heteroatoms. The molecule has 1 aliphatic heterocycles. The molecule has 152 valence electrons. The molecule has 0 unspecified atom stereocenters. The van der Waals surface area contributed by atoms with E-state index in [2.05, 4.69) is 38.1 Å². The van der Waals surface area contributed by atoms with Gasteiger partial charge in [-0.15, -0.1) is 0 Å². The second-order valence-corrected chi connectivity index (χ2v) is 8.02. The van der Waals surface area contributed by atoms with Crippen molar-refractivity contribution < 1.29 is 4.39 Å². The third kappa shape index (κ3) is 3.91. The van der Waals surface area contributed by atoms with Gasteiger partial charge in [0.05, 0.1) is 11.0 Å². The van der Waals surface area contributed by atoms with Crippen LogP contribution in [0, 0.1) is 5.82 Å². The minimum absolute atomic E-state index is 0.159. The maximum atomic E-state index is 13.2. The fourth-order valence-electron chi connectivity index (χ4n) is 4.36. The minimum atomic E-state index is -0.229. The van der Waals surface area contributed by atoms with Gasteiger partial charge in [0, 0.05) is 24.5 Å². The van der Waals surface area contributed by atoms with Crippen molar-refractivity contribution >= 4 is 11.0 Å². The Bertz CT molecular complexity index is 1220. The number of nitrogens with zero attached hydrogens (tertiary/aromatic N) is 2. The van der Waals surface area contributed by atoms with Crippen molar-refractivity contribution in [1.29, 1.82) is 0 Å². The number of piperidine rings is 1. The van der Waals surface area contributed by atoms with Gasteiger partial charge in [-0.2, -0.15) is 0 Å². The molecule has 2 aromatic heterocycles. The van der Waals surface area contributed by atoms with E-state index in [1.54, 1.807) is 12.1 Å². The summed E-state index contributed by atoms with van der Waals surface area (Å²) in [5, 5.41) is 0. The Morgan fingerprint density at radius 2 is 1.70 bits per heavy atom. The van der Waals surface area contributed by atoms with Crippen molar-refractivity contribution in [2.45, 2.75) is 25.3 Å². The molecular weight excluding hydrogens is 379 g/mol. The van der Waals surface area contributed by atoms with Gasteiger partial charge in [0.25, 0.3) is 0 Å². The molecule has 30 heavy (non-hydrogen) atoms. The summed E-state index contributed by atoms with van der Waals surface area (Å²) in [7, 11) is 0. The molecule has 1 fully saturated rings. The molecule has 1 saturated heterocycles. The van der Waals surface area contributed by atoms with Crippen LogP contribution in [-0.2, 0) is 6.54 Å². The van der Waals surface area contributed by atoms with Gasteiger partial charge in [0.15, 0.2) is 0 Å². The summed E-state index contributed by atoms with van der Waals surface area (Å²) in [6.45, 7) is 2.90. The van der Waals surface area contributed by atoms with Gasteiger partial charge in [-0.05, 0) is 78.9 Å². The second kappa shape index (κ2) is 7.88. The van der Waals surface area contributed by atoms with E-state index in [1.165, 1.54) is 23.3 Å². The number of fused-ring (bicyclic) bond motifs is 1. The first-order valence-corrected chi connectivity index (χ1v) is 10.3. The van der Waals surface area contributed by atoms with Crippen molar-refractivity contribution in [3.8, 4) is 11.1 Å². The third-order valence-corrected chi connectivity index (χ3v) is 5.98. The average Bonchev–Trinajstić information content (AvgIpc) is 3.14. The zero-order chi connectivity index (χ0) is 20.5. The molecule has 5 nitrogen and oxygen atoms in total. The lowest BCUT2D eigenvalue weighted by Gasteiger charge is -2.32. The number of aromatic amines is 2. The summed E-state index contributed by atoms with van der Waals surface area (Å²) in [4.78, 5) is 24.0. The number of hydrogen-bond acceptors (Lipinski definition) is 3. The average molecular weight is 402 g/mol. The molecule has 0 bridgehead atoms. The van der Waals surface area contributed by atoms with Crippen LogP contribution in [0.5, 0.6) is 0 Å². The van der Waals surface area contributed by atoms with E-state index in [1.807, 2.05) is 18.5 Å². The van der Waals surface area contributed by atoms with Gasteiger partial charge < -0.3 is 9.97 Å². The van der Waals surface area contributed by atoms with Crippen molar-refractivity contribution in [2.24, 2.45) is 0 Å². The molecule has 2 aromatic carbocycles. The number of nitrogens with one attached hydrogen (secondary N) is 2. The number of imidazole rings is 1. The molecule has 0 atom stereocenters. The lowest BCUT2D eigenvalue weighted by molar-refractivity contribution is 0.204. The van der Waals surface area contributed by atoms with Gasteiger partial charge in [0.1, 0.15) is 5.82 Å². The lowest BCUT2D eigenvalue weighted by Crippen LogP contribution is -2.32. The van der Waals surface area contributed by atoms with Crippen LogP contribution in [0.1, 0.15) is 29.9 Å². The first-order valence-electron chi connectivity index (χ1n) is 10.3. The molecule has 3 heterocycles. The fraction of sp³-hybridized carbons (Fsp3) is 0.250. The first-order chi connectivity index (χ1) is 14.6. The predicted molar refractivity (Wildman–Crippen MR) is 116 cm³/mol. The van der Waals surface area contributed by atoms with Crippen LogP contribution in [0.2, 0.25) is 0 Å².